The van der Waals surface area contributed by atoms with Gasteiger partial charge in [0.15, 0.2) is 0 Å². The van der Waals surface area contributed by atoms with Crippen LogP contribution in [0.5, 0.6) is 0 Å². The molecule has 0 saturated heterocycles. The Morgan fingerprint density at radius 1 is 1.09 bits per heavy atom. The minimum absolute atomic E-state index is 0.137. The van der Waals surface area contributed by atoms with Gasteiger partial charge in [0, 0.05) is 0 Å². The molecule has 23 heavy (non-hydrogen) atoms. The SMILES string of the molecule is CC(=O)OI1OC(C(F)(F)F)(C(F)(F)F)c2cc(F)c(F)cc21. The first-order valence-corrected chi connectivity index (χ1v) is 8.37. The summed E-state index contributed by atoms with van der Waals surface area (Å²) in [5.41, 5.74) is -6.52. The van der Waals surface area contributed by atoms with E-state index in [1.54, 1.807) is 0 Å². The topological polar surface area (TPSA) is 35.5 Å². The summed E-state index contributed by atoms with van der Waals surface area (Å²) in [7, 11) is 0. The number of benzene rings is 1. The second-order valence-corrected chi connectivity index (χ2v) is 7.57. The zero-order chi connectivity index (χ0) is 17.8. The molecule has 0 aliphatic carbocycles. The third kappa shape index (κ3) is 2.75. The molecule has 0 amide bonds. The number of hydrogen-bond donors (Lipinski definition) is 0. The molecule has 1 aliphatic rings. The molecule has 1 aliphatic heterocycles. The van der Waals surface area contributed by atoms with Gasteiger partial charge in [-0.05, 0) is 0 Å². The van der Waals surface area contributed by atoms with Gasteiger partial charge in [-0.25, -0.2) is 0 Å². The third-order valence-electron chi connectivity index (χ3n) is 2.72. The Morgan fingerprint density at radius 2 is 1.57 bits per heavy atom. The number of fused-ring (bicyclic) bond motifs is 1. The van der Waals surface area contributed by atoms with E-state index >= 15 is 0 Å². The molecular weight excluding hydrogens is 459 g/mol. The van der Waals surface area contributed by atoms with Crippen LogP contribution in [0.1, 0.15) is 12.5 Å². The van der Waals surface area contributed by atoms with Crippen LogP contribution in [-0.4, -0.2) is 18.3 Å². The van der Waals surface area contributed by atoms with Crippen LogP contribution < -0.4 is 0 Å². The van der Waals surface area contributed by atoms with Gasteiger partial charge in [-0.3, -0.25) is 0 Å². The number of carbonyl (C=O) groups excluding carboxylic acids is 1. The molecule has 1 heterocycles. The maximum absolute atomic E-state index is 13.2. The molecule has 0 unspecified atom stereocenters. The Morgan fingerprint density at radius 3 is 2.00 bits per heavy atom. The summed E-state index contributed by atoms with van der Waals surface area (Å²) < 4.78 is 113. The Bertz CT molecular complexity index is 640. The van der Waals surface area contributed by atoms with Crippen molar-refractivity contribution in [3.05, 3.63) is 32.9 Å². The molecule has 2 rings (SSSR count). The van der Waals surface area contributed by atoms with Crippen molar-refractivity contribution in [3.63, 3.8) is 0 Å². The second kappa shape index (κ2) is 5.43. The fourth-order valence-electron chi connectivity index (χ4n) is 1.82. The molecule has 0 aromatic heterocycles. The van der Waals surface area contributed by atoms with E-state index in [1.807, 2.05) is 0 Å². The van der Waals surface area contributed by atoms with E-state index in [0.717, 1.165) is 6.92 Å². The first-order valence-electron chi connectivity index (χ1n) is 5.53. The van der Waals surface area contributed by atoms with Crippen LogP contribution in [-0.2, 0) is 16.5 Å². The number of hydrogen-bond acceptors (Lipinski definition) is 3. The average molecular weight is 464 g/mol. The third-order valence-corrected chi connectivity index (χ3v) is 6.64. The van der Waals surface area contributed by atoms with Crippen LogP contribution >= 0.6 is 20.6 Å². The van der Waals surface area contributed by atoms with E-state index in [4.69, 9.17) is 0 Å². The van der Waals surface area contributed by atoms with E-state index in [-0.39, 0.29) is 12.1 Å². The Hall–Kier alpha value is -1.18. The molecule has 12 heteroatoms. The number of alkyl halides is 6. The Labute approximate surface area is 131 Å². The first kappa shape index (κ1) is 18.2. The second-order valence-electron chi connectivity index (χ2n) is 4.29. The Kier molecular flexibility index (Phi) is 4.29. The van der Waals surface area contributed by atoms with Crippen LogP contribution in [0, 0.1) is 15.2 Å². The minimum atomic E-state index is -6.03. The van der Waals surface area contributed by atoms with Gasteiger partial charge >= 0.3 is 130 Å². The molecule has 130 valence electrons. The van der Waals surface area contributed by atoms with Gasteiger partial charge in [-0.2, -0.15) is 0 Å². The van der Waals surface area contributed by atoms with Crippen molar-refractivity contribution in [3.8, 4) is 0 Å². The fourth-order valence-corrected chi connectivity index (χ4v) is 5.82. The van der Waals surface area contributed by atoms with Crippen molar-refractivity contribution in [2.24, 2.45) is 0 Å². The summed E-state index contributed by atoms with van der Waals surface area (Å²) in [5.74, 6) is -4.79. The molecule has 0 bridgehead atoms. The fraction of sp³-hybridized carbons (Fsp3) is 0.364. The van der Waals surface area contributed by atoms with Gasteiger partial charge < -0.3 is 0 Å². The van der Waals surface area contributed by atoms with Gasteiger partial charge in [-0.1, -0.05) is 0 Å². The molecular formula is C11H5F8IO3. The quantitative estimate of drug-likeness (QED) is 0.352. The van der Waals surface area contributed by atoms with Crippen molar-refractivity contribution < 1.29 is 46.1 Å². The summed E-state index contributed by atoms with van der Waals surface area (Å²) in [6, 6.07) is -0.0929. The molecule has 0 radical (unpaired) electrons. The van der Waals surface area contributed by atoms with Crippen molar-refractivity contribution in [1.82, 2.24) is 0 Å². The molecule has 3 nitrogen and oxygen atoms in total. The van der Waals surface area contributed by atoms with E-state index in [1.165, 1.54) is 0 Å². The van der Waals surface area contributed by atoms with Crippen LogP contribution in [0.25, 0.3) is 0 Å². The molecule has 0 atom stereocenters. The number of rotatable bonds is 1. The van der Waals surface area contributed by atoms with Gasteiger partial charge in [0.05, 0.1) is 0 Å². The van der Waals surface area contributed by atoms with E-state index in [9.17, 15) is 39.9 Å². The van der Waals surface area contributed by atoms with Crippen LogP contribution in [0.4, 0.5) is 35.1 Å². The first-order chi connectivity index (χ1) is 10.3. The summed E-state index contributed by atoms with van der Waals surface area (Å²) in [6.45, 7) is 0.738. The predicted molar refractivity (Wildman–Crippen MR) is 65.7 cm³/mol. The van der Waals surface area contributed by atoms with Crippen molar-refractivity contribution >= 4 is 26.6 Å². The molecule has 1 aromatic carbocycles. The van der Waals surface area contributed by atoms with Crippen LogP contribution in [0.3, 0.4) is 0 Å². The Balaban J connectivity index is 2.78. The van der Waals surface area contributed by atoms with E-state index in [2.05, 4.69) is 6.13 Å². The normalized spacial score (nSPS) is 18.7. The van der Waals surface area contributed by atoms with Crippen molar-refractivity contribution in [1.29, 1.82) is 0 Å². The zero-order valence-corrected chi connectivity index (χ0v) is 12.9. The standard InChI is InChI=1S/C11H5F8IO3/c1-4(21)22-20-8-3-7(13)6(12)2-5(8)9(23-20,10(14,15)16)11(17,18)19/h2-3H,1H3. The number of halogens is 9. The van der Waals surface area contributed by atoms with Gasteiger partial charge in [0.25, 0.3) is 0 Å². The zero-order valence-electron chi connectivity index (χ0n) is 10.8. The molecule has 0 fully saturated rings. The van der Waals surface area contributed by atoms with Crippen molar-refractivity contribution in [2.75, 3.05) is 0 Å². The van der Waals surface area contributed by atoms with Crippen LogP contribution in [0.15, 0.2) is 12.1 Å². The summed E-state index contributed by atoms with van der Waals surface area (Å²) >= 11 is -4.31. The maximum atomic E-state index is 13.2. The average Bonchev–Trinajstić information content (AvgIpc) is 2.63. The van der Waals surface area contributed by atoms with Crippen LogP contribution in [0.2, 0.25) is 0 Å². The number of carbonyl (C=O) groups is 1. The predicted octanol–water partition coefficient (Wildman–Crippen LogP) is 4.38. The molecule has 0 saturated carbocycles. The molecule has 0 N–H and O–H groups in total. The summed E-state index contributed by atoms with van der Waals surface area (Å²) in [6.07, 6.45) is -12.1. The van der Waals surface area contributed by atoms with Crippen molar-refractivity contribution in [2.45, 2.75) is 24.9 Å². The van der Waals surface area contributed by atoms with E-state index < -0.39 is 65.3 Å². The monoisotopic (exact) mass is 464 g/mol. The van der Waals surface area contributed by atoms with Gasteiger partial charge in [-0.15, -0.1) is 0 Å². The molecule has 0 spiro atoms. The molecule has 1 aromatic rings. The van der Waals surface area contributed by atoms with E-state index in [0.29, 0.717) is 0 Å². The summed E-state index contributed by atoms with van der Waals surface area (Å²) in [5, 5.41) is 0. The summed E-state index contributed by atoms with van der Waals surface area (Å²) in [4.78, 5) is 10.9. The van der Waals surface area contributed by atoms with Gasteiger partial charge in [0.2, 0.25) is 0 Å². The van der Waals surface area contributed by atoms with Gasteiger partial charge in [0.1, 0.15) is 0 Å².